The number of rotatable bonds is 7. The van der Waals surface area contributed by atoms with E-state index in [4.69, 9.17) is 4.74 Å². The zero-order valence-electron chi connectivity index (χ0n) is 19.2. The Morgan fingerprint density at radius 1 is 0.882 bits per heavy atom. The highest BCUT2D eigenvalue weighted by atomic mass is 19.1. The Bertz CT molecular complexity index is 1170. The first-order chi connectivity index (χ1) is 16.6. The molecule has 1 atom stereocenters. The number of hydrogen-bond acceptors (Lipinski definition) is 4. The van der Waals surface area contributed by atoms with Crippen LogP contribution in [-0.2, 0) is 6.42 Å². The first-order valence-corrected chi connectivity index (χ1v) is 12.0. The van der Waals surface area contributed by atoms with E-state index in [0.717, 1.165) is 72.5 Å². The molecular weight excluding hydrogens is 429 g/mol. The normalized spacial score (nSPS) is 18.2. The van der Waals surface area contributed by atoms with Crippen LogP contribution in [0.4, 0.5) is 4.39 Å². The molecule has 176 valence electrons. The van der Waals surface area contributed by atoms with E-state index in [-0.39, 0.29) is 24.3 Å². The summed E-state index contributed by atoms with van der Waals surface area (Å²) in [6.07, 6.45) is 3.38. The summed E-state index contributed by atoms with van der Waals surface area (Å²) in [7, 11) is 0. The van der Waals surface area contributed by atoms with Gasteiger partial charge in [0.2, 0.25) is 0 Å². The van der Waals surface area contributed by atoms with Crippen LogP contribution in [-0.4, -0.2) is 47.5 Å². The maximum atomic E-state index is 12.5. The van der Waals surface area contributed by atoms with Crippen LogP contribution >= 0.6 is 0 Å². The topological polar surface area (TPSA) is 52.9 Å². The van der Waals surface area contributed by atoms with E-state index in [0.29, 0.717) is 6.42 Å². The zero-order valence-corrected chi connectivity index (χ0v) is 19.2. The predicted octanol–water partition coefficient (Wildman–Crippen LogP) is 5.82. The van der Waals surface area contributed by atoms with Crippen LogP contribution in [0.3, 0.4) is 0 Å². The Labute approximate surface area is 199 Å². The van der Waals surface area contributed by atoms with Gasteiger partial charge in [-0.1, -0.05) is 30.3 Å². The van der Waals surface area contributed by atoms with Crippen LogP contribution in [0.1, 0.15) is 41.5 Å². The molecule has 3 aromatic carbocycles. The van der Waals surface area contributed by atoms with E-state index in [2.05, 4.69) is 17.0 Å². The predicted molar refractivity (Wildman–Crippen MR) is 133 cm³/mol. The highest BCUT2D eigenvalue weighted by Crippen LogP contribution is 2.42. The minimum Gasteiger partial charge on any atom is -0.508 e. The van der Waals surface area contributed by atoms with E-state index in [1.165, 1.54) is 5.57 Å². The number of ether oxygens (including phenoxy) is 1. The number of benzene rings is 3. The fourth-order valence-electron chi connectivity index (χ4n) is 5.13. The molecular formula is C29H30FNO3. The summed E-state index contributed by atoms with van der Waals surface area (Å²) in [6.45, 7) is 2.32. The second kappa shape index (κ2) is 9.90. The van der Waals surface area contributed by atoms with Gasteiger partial charge in [0.25, 0.3) is 0 Å². The fraction of sp³-hybridized carbons (Fsp3) is 0.310. The lowest BCUT2D eigenvalue weighted by molar-refractivity contribution is 0.198. The van der Waals surface area contributed by atoms with Crippen molar-refractivity contribution in [2.75, 3.05) is 26.3 Å². The Hall–Kier alpha value is -3.31. The van der Waals surface area contributed by atoms with Crippen molar-refractivity contribution in [2.45, 2.75) is 31.8 Å². The van der Waals surface area contributed by atoms with Gasteiger partial charge in [0, 0.05) is 19.6 Å². The van der Waals surface area contributed by atoms with Gasteiger partial charge in [-0.25, -0.2) is 0 Å². The monoisotopic (exact) mass is 459 g/mol. The molecule has 0 spiro atoms. The number of phenols is 2. The zero-order chi connectivity index (χ0) is 23.5. The van der Waals surface area contributed by atoms with Gasteiger partial charge in [-0.15, -0.1) is 0 Å². The SMILES string of the molecule is Oc1ccc(C2=C(c3ccc(O[C@H]4CCN(CCCF)C4)cc3)c3ccc(O)cc3CC2)cc1. The number of fused-ring (bicyclic) bond motifs is 1. The summed E-state index contributed by atoms with van der Waals surface area (Å²) in [5.41, 5.74) is 6.82. The Kier molecular flexibility index (Phi) is 6.54. The lowest BCUT2D eigenvalue weighted by atomic mass is 9.79. The quantitative estimate of drug-likeness (QED) is 0.468. The molecule has 1 saturated heterocycles. The molecule has 3 aromatic rings. The van der Waals surface area contributed by atoms with E-state index in [1.807, 2.05) is 36.4 Å². The summed E-state index contributed by atoms with van der Waals surface area (Å²) in [5, 5.41) is 19.8. The maximum absolute atomic E-state index is 12.5. The number of aromatic hydroxyl groups is 2. The van der Waals surface area contributed by atoms with Crippen LogP contribution in [0.2, 0.25) is 0 Å². The van der Waals surface area contributed by atoms with Crippen molar-refractivity contribution in [1.82, 2.24) is 4.90 Å². The van der Waals surface area contributed by atoms with Crippen molar-refractivity contribution >= 4 is 11.1 Å². The number of nitrogens with zero attached hydrogens (tertiary/aromatic N) is 1. The van der Waals surface area contributed by atoms with E-state index >= 15 is 0 Å². The van der Waals surface area contributed by atoms with Crippen LogP contribution < -0.4 is 4.74 Å². The number of phenolic OH excluding ortho intramolecular Hbond substituents is 2. The van der Waals surface area contributed by atoms with Crippen LogP contribution in [0.25, 0.3) is 11.1 Å². The summed E-state index contributed by atoms with van der Waals surface area (Å²) in [4.78, 5) is 2.27. The van der Waals surface area contributed by atoms with E-state index < -0.39 is 0 Å². The van der Waals surface area contributed by atoms with E-state index in [9.17, 15) is 14.6 Å². The number of likely N-dealkylation sites (tertiary alicyclic amines) is 1. The van der Waals surface area contributed by atoms with Gasteiger partial charge in [0.1, 0.15) is 23.4 Å². The summed E-state index contributed by atoms with van der Waals surface area (Å²) in [5.74, 6) is 1.38. The number of hydrogen-bond donors (Lipinski definition) is 2. The standard InChI is InChI=1S/C29H30FNO3/c30-15-1-16-31-17-14-26(19-31)34-25-10-4-21(5-11-25)29-27(20-2-7-23(32)8-3-20)12-6-22-18-24(33)9-13-28(22)29/h2-5,7-11,13,18,26,32-33H,1,6,12,14-17,19H2/t26-/m0/s1. The van der Waals surface area contributed by atoms with Crippen LogP contribution in [0.5, 0.6) is 17.2 Å². The van der Waals surface area contributed by atoms with Crippen molar-refractivity contribution in [1.29, 1.82) is 0 Å². The minimum atomic E-state index is -0.270. The Morgan fingerprint density at radius 3 is 2.38 bits per heavy atom. The highest BCUT2D eigenvalue weighted by Gasteiger charge is 2.24. The molecule has 1 aliphatic heterocycles. The number of allylic oxidation sites excluding steroid dienone is 1. The molecule has 1 fully saturated rings. The third kappa shape index (κ3) is 4.80. The molecule has 1 heterocycles. The molecule has 2 N–H and O–H groups in total. The summed E-state index contributed by atoms with van der Waals surface area (Å²) < 4.78 is 18.7. The Morgan fingerprint density at radius 2 is 1.62 bits per heavy atom. The lowest BCUT2D eigenvalue weighted by Crippen LogP contribution is -2.26. The fourth-order valence-corrected chi connectivity index (χ4v) is 5.13. The first-order valence-electron chi connectivity index (χ1n) is 12.0. The van der Waals surface area contributed by atoms with Crippen LogP contribution in [0, 0.1) is 0 Å². The van der Waals surface area contributed by atoms with Crippen molar-refractivity contribution in [3.05, 3.63) is 89.0 Å². The second-order valence-corrected chi connectivity index (χ2v) is 9.14. The number of aryl methyl sites for hydroxylation is 1. The van der Waals surface area contributed by atoms with Crippen molar-refractivity contribution in [3.63, 3.8) is 0 Å². The second-order valence-electron chi connectivity index (χ2n) is 9.14. The third-order valence-electron chi connectivity index (χ3n) is 6.80. The first kappa shape index (κ1) is 22.5. The van der Waals surface area contributed by atoms with Gasteiger partial charge in [-0.2, -0.15) is 0 Å². The van der Waals surface area contributed by atoms with Gasteiger partial charge in [-0.05, 0) is 95.5 Å². The molecule has 5 rings (SSSR count). The van der Waals surface area contributed by atoms with Gasteiger partial charge < -0.3 is 14.9 Å². The molecule has 0 bridgehead atoms. The average molecular weight is 460 g/mol. The van der Waals surface area contributed by atoms with Gasteiger partial charge >= 0.3 is 0 Å². The number of halogens is 1. The molecule has 0 aromatic heterocycles. The molecule has 0 radical (unpaired) electrons. The van der Waals surface area contributed by atoms with Gasteiger partial charge in [0.05, 0.1) is 6.67 Å². The van der Waals surface area contributed by atoms with Crippen molar-refractivity contribution in [2.24, 2.45) is 0 Å². The summed E-state index contributed by atoms with van der Waals surface area (Å²) >= 11 is 0. The Balaban J connectivity index is 1.43. The molecule has 2 aliphatic rings. The molecule has 0 unspecified atom stereocenters. The van der Waals surface area contributed by atoms with Crippen molar-refractivity contribution in [3.8, 4) is 17.2 Å². The molecule has 1 aliphatic carbocycles. The van der Waals surface area contributed by atoms with Crippen LogP contribution in [0.15, 0.2) is 66.7 Å². The van der Waals surface area contributed by atoms with E-state index in [1.54, 1.807) is 18.2 Å². The lowest BCUT2D eigenvalue weighted by Gasteiger charge is -2.25. The highest BCUT2D eigenvalue weighted by molar-refractivity contribution is 6.00. The molecule has 0 amide bonds. The minimum absolute atomic E-state index is 0.135. The molecule has 34 heavy (non-hydrogen) atoms. The summed E-state index contributed by atoms with van der Waals surface area (Å²) in [6, 6.07) is 21.2. The molecule has 0 saturated carbocycles. The number of alkyl halides is 1. The third-order valence-corrected chi connectivity index (χ3v) is 6.80. The molecule has 4 nitrogen and oxygen atoms in total. The van der Waals surface area contributed by atoms with Gasteiger partial charge in [-0.3, -0.25) is 9.29 Å². The van der Waals surface area contributed by atoms with Gasteiger partial charge in [0.15, 0.2) is 0 Å². The smallest absolute Gasteiger partial charge is 0.119 e. The molecule has 5 heteroatoms. The van der Waals surface area contributed by atoms with Crippen molar-refractivity contribution < 1.29 is 19.3 Å². The average Bonchev–Trinajstić information content (AvgIpc) is 3.30. The largest absolute Gasteiger partial charge is 0.508 e. The maximum Gasteiger partial charge on any atom is 0.119 e.